The van der Waals surface area contributed by atoms with Crippen LogP contribution >= 0.6 is 0 Å². The summed E-state index contributed by atoms with van der Waals surface area (Å²) >= 11 is 0. The molecule has 2 aromatic carbocycles. The van der Waals surface area contributed by atoms with Crippen molar-refractivity contribution in [3.8, 4) is 11.5 Å². The third-order valence-corrected chi connectivity index (χ3v) is 4.36. The highest BCUT2D eigenvalue weighted by atomic mass is 16.7. The van der Waals surface area contributed by atoms with Crippen molar-refractivity contribution in [2.24, 2.45) is 0 Å². The largest absolute Gasteiger partial charge is 0.454 e. The van der Waals surface area contributed by atoms with Crippen molar-refractivity contribution in [2.75, 3.05) is 17.4 Å². The normalized spacial score (nSPS) is 14.6. The standard InChI is InChI=1S/C19H18N2O4/c22-18(7-2-12-1-6-16-17(9-12)25-11-24-16)20-14-4-5-15-13(10-14)3-8-19(23)21-15/h1,4-6,9-10H,2-3,7-8,11H2,(H,20,22)(H,21,23). The van der Waals surface area contributed by atoms with Crippen LogP contribution in [0.1, 0.15) is 24.0 Å². The molecule has 0 fully saturated rings. The van der Waals surface area contributed by atoms with Crippen LogP contribution in [0.5, 0.6) is 11.5 Å². The van der Waals surface area contributed by atoms with Crippen LogP contribution in [0.4, 0.5) is 11.4 Å². The first-order valence-corrected chi connectivity index (χ1v) is 8.28. The van der Waals surface area contributed by atoms with E-state index in [0.717, 1.165) is 34.0 Å². The number of benzene rings is 2. The van der Waals surface area contributed by atoms with E-state index in [1.807, 2.05) is 36.4 Å². The summed E-state index contributed by atoms with van der Waals surface area (Å²) in [6.45, 7) is 0.248. The van der Waals surface area contributed by atoms with Gasteiger partial charge in [0.15, 0.2) is 11.5 Å². The highest BCUT2D eigenvalue weighted by Gasteiger charge is 2.16. The topological polar surface area (TPSA) is 76.7 Å². The minimum Gasteiger partial charge on any atom is -0.454 e. The Labute approximate surface area is 145 Å². The Kier molecular flexibility index (Phi) is 4.01. The summed E-state index contributed by atoms with van der Waals surface area (Å²) in [6.07, 6.45) is 2.19. The lowest BCUT2D eigenvalue weighted by Crippen LogP contribution is -2.19. The van der Waals surface area contributed by atoms with E-state index in [1.165, 1.54) is 0 Å². The zero-order chi connectivity index (χ0) is 17.2. The number of hydrogen-bond acceptors (Lipinski definition) is 4. The quantitative estimate of drug-likeness (QED) is 0.899. The van der Waals surface area contributed by atoms with Crippen LogP contribution in [-0.2, 0) is 22.4 Å². The van der Waals surface area contributed by atoms with Gasteiger partial charge in [-0.05, 0) is 54.3 Å². The number of nitrogens with one attached hydrogen (secondary N) is 2. The maximum Gasteiger partial charge on any atom is 0.231 e. The smallest absolute Gasteiger partial charge is 0.231 e. The van der Waals surface area contributed by atoms with E-state index in [0.29, 0.717) is 25.7 Å². The van der Waals surface area contributed by atoms with E-state index >= 15 is 0 Å². The molecule has 6 nitrogen and oxygen atoms in total. The molecule has 2 N–H and O–H groups in total. The molecular weight excluding hydrogens is 320 g/mol. The predicted octanol–water partition coefficient (Wildman–Crippen LogP) is 2.87. The molecule has 0 spiro atoms. The van der Waals surface area contributed by atoms with E-state index in [1.54, 1.807) is 0 Å². The van der Waals surface area contributed by atoms with Crippen molar-refractivity contribution in [3.63, 3.8) is 0 Å². The molecule has 128 valence electrons. The van der Waals surface area contributed by atoms with Gasteiger partial charge in [0.05, 0.1) is 0 Å². The van der Waals surface area contributed by atoms with Gasteiger partial charge in [-0.15, -0.1) is 0 Å². The lowest BCUT2D eigenvalue weighted by molar-refractivity contribution is -0.117. The van der Waals surface area contributed by atoms with Gasteiger partial charge in [-0.3, -0.25) is 9.59 Å². The molecule has 2 aliphatic rings. The molecule has 2 heterocycles. The third-order valence-electron chi connectivity index (χ3n) is 4.36. The molecule has 0 radical (unpaired) electrons. The summed E-state index contributed by atoms with van der Waals surface area (Å²) in [4.78, 5) is 23.6. The van der Waals surface area contributed by atoms with Crippen LogP contribution in [0.15, 0.2) is 36.4 Å². The molecule has 0 saturated carbocycles. The summed E-state index contributed by atoms with van der Waals surface area (Å²) in [6, 6.07) is 11.3. The van der Waals surface area contributed by atoms with Crippen molar-refractivity contribution in [2.45, 2.75) is 25.7 Å². The molecule has 0 unspecified atom stereocenters. The summed E-state index contributed by atoms with van der Waals surface area (Å²) in [5, 5.41) is 5.75. The van der Waals surface area contributed by atoms with Gasteiger partial charge in [0.25, 0.3) is 0 Å². The summed E-state index contributed by atoms with van der Waals surface area (Å²) in [7, 11) is 0. The number of carbonyl (C=O) groups is 2. The van der Waals surface area contributed by atoms with Crippen LogP contribution in [-0.4, -0.2) is 18.6 Å². The molecule has 2 amide bonds. The molecule has 0 aliphatic carbocycles. The number of rotatable bonds is 4. The minimum atomic E-state index is -0.0440. The second kappa shape index (κ2) is 6.47. The van der Waals surface area contributed by atoms with Gasteiger partial charge in [0, 0.05) is 24.2 Å². The van der Waals surface area contributed by atoms with Gasteiger partial charge in [-0.2, -0.15) is 0 Å². The predicted molar refractivity (Wildman–Crippen MR) is 92.9 cm³/mol. The molecule has 0 aromatic heterocycles. The molecular formula is C19H18N2O4. The number of hydrogen-bond donors (Lipinski definition) is 2. The Hall–Kier alpha value is -3.02. The Morgan fingerprint density at radius 2 is 1.96 bits per heavy atom. The highest BCUT2D eigenvalue weighted by molar-refractivity contribution is 5.95. The zero-order valence-corrected chi connectivity index (χ0v) is 13.6. The van der Waals surface area contributed by atoms with Crippen molar-refractivity contribution in [3.05, 3.63) is 47.5 Å². The van der Waals surface area contributed by atoms with Crippen molar-refractivity contribution >= 4 is 23.2 Å². The minimum absolute atomic E-state index is 0.0352. The number of carbonyl (C=O) groups excluding carboxylic acids is 2. The summed E-state index contributed by atoms with van der Waals surface area (Å²) in [5.41, 5.74) is 3.67. The maximum atomic E-state index is 12.2. The molecule has 4 rings (SSSR count). The Morgan fingerprint density at radius 3 is 2.88 bits per heavy atom. The fourth-order valence-electron chi connectivity index (χ4n) is 3.04. The number of aryl methyl sites for hydroxylation is 2. The van der Waals surface area contributed by atoms with Crippen molar-refractivity contribution in [1.82, 2.24) is 0 Å². The van der Waals surface area contributed by atoms with Gasteiger partial charge in [0.2, 0.25) is 18.6 Å². The fourth-order valence-corrected chi connectivity index (χ4v) is 3.04. The Morgan fingerprint density at radius 1 is 1.08 bits per heavy atom. The number of fused-ring (bicyclic) bond motifs is 2. The first-order valence-electron chi connectivity index (χ1n) is 8.28. The fraction of sp³-hybridized carbons (Fsp3) is 0.263. The van der Waals surface area contributed by atoms with Gasteiger partial charge in [-0.1, -0.05) is 6.07 Å². The van der Waals surface area contributed by atoms with Crippen LogP contribution in [0, 0.1) is 0 Å². The van der Waals surface area contributed by atoms with Crippen LogP contribution in [0.3, 0.4) is 0 Å². The number of ether oxygens (including phenoxy) is 2. The van der Waals surface area contributed by atoms with E-state index in [4.69, 9.17) is 9.47 Å². The average Bonchev–Trinajstić information content (AvgIpc) is 3.08. The number of amides is 2. The highest BCUT2D eigenvalue weighted by Crippen LogP contribution is 2.32. The average molecular weight is 338 g/mol. The maximum absolute atomic E-state index is 12.2. The van der Waals surface area contributed by atoms with Crippen LogP contribution in [0.25, 0.3) is 0 Å². The first-order chi connectivity index (χ1) is 12.2. The van der Waals surface area contributed by atoms with Gasteiger partial charge in [0.1, 0.15) is 0 Å². The first kappa shape index (κ1) is 15.5. The number of anilines is 2. The van der Waals surface area contributed by atoms with Crippen LogP contribution < -0.4 is 20.1 Å². The van der Waals surface area contributed by atoms with Gasteiger partial charge >= 0.3 is 0 Å². The molecule has 0 bridgehead atoms. The Balaban J connectivity index is 1.35. The molecule has 0 atom stereocenters. The molecule has 25 heavy (non-hydrogen) atoms. The van der Waals surface area contributed by atoms with Crippen molar-refractivity contribution in [1.29, 1.82) is 0 Å². The lowest BCUT2D eigenvalue weighted by atomic mass is 10.0. The second-order valence-corrected chi connectivity index (χ2v) is 6.16. The lowest BCUT2D eigenvalue weighted by Gasteiger charge is -2.17. The summed E-state index contributed by atoms with van der Waals surface area (Å²) < 4.78 is 10.6. The van der Waals surface area contributed by atoms with E-state index in [-0.39, 0.29) is 18.6 Å². The molecule has 6 heteroatoms. The molecule has 0 saturated heterocycles. The van der Waals surface area contributed by atoms with Crippen molar-refractivity contribution < 1.29 is 19.1 Å². The monoisotopic (exact) mass is 338 g/mol. The van der Waals surface area contributed by atoms with E-state index in [2.05, 4.69) is 10.6 Å². The van der Waals surface area contributed by atoms with Gasteiger partial charge < -0.3 is 20.1 Å². The second-order valence-electron chi connectivity index (χ2n) is 6.16. The van der Waals surface area contributed by atoms with E-state index < -0.39 is 0 Å². The molecule has 2 aliphatic heterocycles. The summed E-state index contributed by atoms with van der Waals surface area (Å²) in [5.74, 6) is 1.47. The SMILES string of the molecule is O=C(CCc1ccc2c(c1)OCO2)Nc1ccc2c(c1)CCC(=O)N2. The van der Waals surface area contributed by atoms with Crippen LogP contribution in [0.2, 0.25) is 0 Å². The third kappa shape index (κ3) is 3.42. The molecule has 2 aromatic rings. The van der Waals surface area contributed by atoms with Gasteiger partial charge in [-0.25, -0.2) is 0 Å². The van der Waals surface area contributed by atoms with E-state index in [9.17, 15) is 9.59 Å². The Bertz CT molecular complexity index is 847. The zero-order valence-electron chi connectivity index (χ0n) is 13.6.